The molecule has 6 heteroatoms. The molecule has 0 bridgehead atoms. The predicted molar refractivity (Wildman–Crippen MR) is 97.1 cm³/mol. The van der Waals surface area contributed by atoms with Crippen molar-refractivity contribution in [3.63, 3.8) is 0 Å². The van der Waals surface area contributed by atoms with E-state index >= 15 is 0 Å². The number of carbonyl (C=O) groups is 2. The number of ketones is 1. The zero-order chi connectivity index (χ0) is 17.8. The van der Waals surface area contributed by atoms with E-state index in [0.717, 1.165) is 4.47 Å². The molecule has 0 saturated heterocycles. The fourth-order valence-corrected chi connectivity index (χ4v) is 2.48. The molecular weight excluding hydrogens is 386 g/mol. The number of Topliss-reactive ketones (excluding diaryl/α,β-unsaturated/α-hetero) is 1. The molecule has 3 rings (SSSR count). The molecule has 25 heavy (non-hydrogen) atoms. The standard InChI is InChI=1S/C19H14BrNO4/c1-12(19(23)13-6-8-14(20)9-7-13)24-18(22)11-10-17-21-15-4-2-3-5-16(15)25-17/h2-12H,1H3/b11-10+/t12-/m1/s1. The van der Waals surface area contributed by atoms with Gasteiger partial charge in [-0.3, -0.25) is 4.79 Å². The second-order valence-electron chi connectivity index (χ2n) is 5.30. The molecule has 0 unspecified atom stereocenters. The second-order valence-corrected chi connectivity index (χ2v) is 6.22. The maximum absolute atomic E-state index is 12.2. The van der Waals surface area contributed by atoms with Crippen LogP contribution in [0.5, 0.6) is 0 Å². The molecular formula is C19H14BrNO4. The SMILES string of the molecule is C[C@@H](OC(=O)/C=C/c1nc2ccccc2o1)C(=O)c1ccc(Br)cc1. The lowest BCUT2D eigenvalue weighted by molar-refractivity contribution is -0.140. The summed E-state index contributed by atoms with van der Waals surface area (Å²) in [5.41, 5.74) is 1.81. The van der Waals surface area contributed by atoms with Crippen molar-refractivity contribution in [2.45, 2.75) is 13.0 Å². The third-order valence-corrected chi connectivity index (χ3v) is 3.99. The van der Waals surface area contributed by atoms with Gasteiger partial charge in [-0.2, -0.15) is 0 Å². The Bertz CT molecular complexity index is 910. The van der Waals surface area contributed by atoms with Gasteiger partial charge in [-0.1, -0.05) is 40.2 Å². The van der Waals surface area contributed by atoms with E-state index in [9.17, 15) is 9.59 Å². The van der Waals surface area contributed by atoms with Crippen molar-refractivity contribution in [1.29, 1.82) is 0 Å². The summed E-state index contributed by atoms with van der Waals surface area (Å²) in [6, 6.07) is 14.1. The van der Waals surface area contributed by atoms with Crippen LogP contribution in [0.1, 0.15) is 23.2 Å². The number of rotatable bonds is 5. The highest BCUT2D eigenvalue weighted by molar-refractivity contribution is 9.10. The van der Waals surface area contributed by atoms with Gasteiger partial charge in [0.05, 0.1) is 0 Å². The van der Waals surface area contributed by atoms with Crippen molar-refractivity contribution in [2.24, 2.45) is 0 Å². The summed E-state index contributed by atoms with van der Waals surface area (Å²) in [5.74, 6) is -0.610. The molecule has 0 amide bonds. The topological polar surface area (TPSA) is 69.4 Å². The van der Waals surface area contributed by atoms with Crippen LogP contribution < -0.4 is 0 Å². The lowest BCUT2D eigenvalue weighted by Gasteiger charge is -2.10. The Morgan fingerprint density at radius 1 is 1.16 bits per heavy atom. The van der Waals surface area contributed by atoms with Crippen LogP contribution >= 0.6 is 15.9 Å². The van der Waals surface area contributed by atoms with E-state index in [1.807, 2.05) is 18.2 Å². The van der Waals surface area contributed by atoms with Gasteiger partial charge < -0.3 is 9.15 Å². The average Bonchev–Trinajstić information content (AvgIpc) is 3.03. The number of fused-ring (bicyclic) bond motifs is 1. The first kappa shape index (κ1) is 17.1. The van der Waals surface area contributed by atoms with Gasteiger partial charge >= 0.3 is 5.97 Å². The Morgan fingerprint density at radius 2 is 1.88 bits per heavy atom. The first-order valence-corrected chi connectivity index (χ1v) is 8.36. The predicted octanol–water partition coefficient (Wildman–Crippen LogP) is 4.42. The molecule has 126 valence electrons. The highest BCUT2D eigenvalue weighted by atomic mass is 79.9. The molecule has 0 fully saturated rings. The number of carbonyl (C=O) groups excluding carboxylic acids is 2. The van der Waals surface area contributed by atoms with E-state index in [0.29, 0.717) is 22.6 Å². The molecule has 0 spiro atoms. The van der Waals surface area contributed by atoms with Gasteiger partial charge in [0.2, 0.25) is 11.7 Å². The summed E-state index contributed by atoms with van der Waals surface area (Å²) in [7, 11) is 0. The van der Waals surface area contributed by atoms with Crippen LogP contribution in [0.4, 0.5) is 0 Å². The minimum absolute atomic E-state index is 0.267. The number of hydrogen-bond acceptors (Lipinski definition) is 5. The van der Waals surface area contributed by atoms with Crippen LogP contribution in [-0.2, 0) is 9.53 Å². The lowest BCUT2D eigenvalue weighted by Crippen LogP contribution is -2.23. The zero-order valence-electron chi connectivity index (χ0n) is 13.3. The van der Waals surface area contributed by atoms with Crippen molar-refractivity contribution < 1.29 is 18.7 Å². The summed E-state index contributed by atoms with van der Waals surface area (Å²) in [5, 5.41) is 0. The summed E-state index contributed by atoms with van der Waals surface area (Å²) in [6.07, 6.45) is 1.72. The molecule has 1 heterocycles. The van der Waals surface area contributed by atoms with Gasteiger partial charge in [0.1, 0.15) is 5.52 Å². The monoisotopic (exact) mass is 399 g/mol. The Kier molecular flexibility index (Phi) is 5.09. The molecule has 1 atom stereocenters. The number of halogens is 1. The minimum Gasteiger partial charge on any atom is -0.451 e. The molecule has 0 aliphatic carbocycles. The van der Waals surface area contributed by atoms with E-state index in [1.165, 1.54) is 19.1 Å². The smallest absolute Gasteiger partial charge is 0.331 e. The van der Waals surface area contributed by atoms with Crippen LogP contribution in [0.2, 0.25) is 0 Å². The van der Waals surface area contributed by atoms with Gasteiger partial charge in [-0.05, 0) is 31.2 Å². The molecule has 2 aromatic carbocycles. The summed E-state index contributed by atoms with van der Waals surface area (Å²) >= 11 is 3.31. The fraction of sp³-hybridized carbons (Fsp3) is 0.105. The highest BCUT2D eigenvalue weighted by Crippen LogP contribution is 2.16. The van der Waals surface area contributed by atoms with E-state index < -0.39 is 12.1 Å². The number of ether oxygens (including phenoxy) is 1. The van der Waals surface area contributed by atoms with Gasteiger partial charge in [0.15, 0.2) is 11.7 Å². The number of nitrogens with zero attached hydrogens (tertiary/aromatic N) is 1. The van der Waals surface area contributed by atoms with Crippen LogP contribution in [0.15, 0.2) is 63.5 Å². The van der Waals surface area contributed by atoms with E-state index in [-0.39, 0.29) is 5.78 Å². The molecule has 0 aliphatic heterocycles. The molecule has 0 radical (unpaired) electrons. The van der Waals surface area contributed by atoms with Crippen LogP contribution in [0, 0.1) is 0 Å². The first-order valence-electron chi connectivity index (χ1n) is 7.57. The van der Waals surface area contributed by atoms with Crippen molar-refractivity contribution in [2.75, 3.05) is 0 Å². The van der Waals surface area contributed by atoms with E-state index in [2.05, 4.69) is 20.9 Å². The number of benzene rings is 2. The average molecular weight is 400 g/mol. The third kappa shape index (κ3) is 4.22. The number of esters is 1. The zero-order valence-corrected chi connectivity index (χ0v) is 14.9. The summed E-state index contributed by atoms with van der Waals surface area (Å²) in [6.45, 7) is 1.54. The molecule has 0 aliphatic rings. The molecule has 0 N–H and O–H groups in total. The molecule has 3 aromatic rings. The molecule has 5 nitrogen and oxygen atoms in total. The molecule has 1 aromatic heterocycles. The second kappa shape index (κ2) is 7.44. The van der Waals surface area contributed by atoms with Gasteiger partial charge in [0.25, 0.3) is 0 Å². The maximum Gasteiger partial charge on any atom is 0.331 e. The normalized spacial score (nSPS) is 12.4. The maximum atomic E-state index is 12.2. The Balaban J connectivity index is 1.63. The number of hydrogen-bond donors (Lipinski definition) is 0. The quantitative estimate of drug-likeness (QED) is 0.360. The van der Waals surface area contributed by atoms with Crippen LogP contribution in [0.3, 0.4) is 0 Å². The Labute approximate surface area is 152 Å². The summed E-state index contributed by atoms with van der Waals surface area (Å²) in [4.78, 5) is 28.4. The summed E-state index contributed by atoms with van der Waals surface area (Å²) < 4.78 is 11.5. The molecule has 0 saturated carbocycles. The third-order valence-electron chi connectivity index (χ3n) is 3.46. The Hall–Kier alpha value is -2.73. The van der Waals surface area contributed by atoms with Crippen LogP contribution in [0.25, 0.3) is 17.2 Å². The van der Waals surface area contributed by atoms with E-state index in [4.69, 9.17) is 9.15 Å². The van der Waals surface area contributed by atoms with Gasteiger partial charge in [0, 0.05) is 22.2 Å². The van der Waals surface area contributed by atoms with Gasteiger partial charge in [-0.15, -0.1) is 0 Å². The number of aromatic nitrogens is 1. The Morgan fingerprint density at radius 3 is 2.60 bits per heavy atom. The minimum atomic E-state index is -0.887. The number of oxazole rings is 1. The first-order chi connectivity index (χ1) is 12.0. The van der Waals surface area contributed by atoms with E-state index in [1.54, 1.807) is 30.3 Å². The number of para-hydroxylation sites is 2. The van der Waals surface area contributed by atoms with Gasteiger partial charge in [-0.25, -0.2) is 9.78 Å². The van der Waals surface area contributed by atoms with Crippen LogP contribution in [-0.4, -0.2) is 22.8 Å². The lowest BCUT2D eigenvalue weighted by atomic mass is 10.1. The van der Waals surface area contributed by atoms with Crippen molar-refractivity contribution in [3.8, 4) is 0 Å². The largest absolute Gasteiger partial charge is 0.451 e. The van der Waals surface area contributed by atoms with Crippen molar-refractivity contribution >= 4 is 44.9 Å². The fourth-order valence-electron chi connectivity index (χ4n) is 2.22. The highest BCUT2D eigenvalue weighted by Gasteiger charge is 2.18. The van der Waals surface area contributed by atoms with Crippen molar-refractivity contribution in [1.82, 2.24) is 4.98 Å². The van der Waals surface area contributed by atoms with Crippen molar-refractivity contribution in [3.05, 3.63) is 70.5 Å².